The lowest BCUT2D eigenvalue weighted by atomic mass is 9.88. The average Bonchev–Trinajstić information content (AvgIpc) is 3.31. The predicted molar refractivity (Wildman–Crippen MR) is 110 cm³/mol. The maximum atomic E-state index is 14.4. The third-order valence-electron chi connectivity index (χ3n) is 5.72. The molecule has 3 aromatic carbocycles. The summed E-state index contributed by atoms with van der Waals surface area (Å²) in [7, 11) is 0. The lowest BCUT2D eigenvalue weighted by molar-refractivity contribution is -0.255. The number of carbonyl (C=O) groups excluding carboxylic acids is 3. The molecule has 7 nitrogen and oxygen atoms in total. The first-order chi connectivity index (χ1) is 15.5. The van der Waals surface area contributed by atoms with Gasteiger partial charge in [0.1, 0.15) is 11.7 Å². The summed E-state index contributed by atoms with van der Waals surface area (Å²) >= 11 is 0. The summed E-state index contributed by atoms with van der Waals surface area (Å²) in [6, 6.07) is 19.4. The van der Waals surface area contributed by atoms with Crippen molar-refractivity contribution in [3.63, 3.8) is 0 Å². The number of nitrogens with zero attached hydrogens (tertiary/aromatic N) is 2. The van der Waals surface area contributed by atoms with Gasteiger partial charge in [-0.1, -0.05) is 54.6 Å². The molecule has 0 N–H and O–H groups in total. The van der Waals surface area contributed by atoms with Crippen LogP contribution < -0.4 is 15.1 Å². The normalized spacial score (nSPS) is 22.3. The van der Waals surface area contributed by atoms with Crippen LogP contribution in [-0.2, 0) is 14.4 Å². The third-order valence-corrected chi connectivity index (χ3v) is 5.72. The van der Waals surface area contributed by atoms with Crippen LogP contribution in [-0.4, -0.2) is 23.9 Å². The Morgan fingerprint density at radius 2 is 1.53 bits per heavy atom. The van der Waals surface area contributed by atoms with Gasteiger partial charge in [-0.3, -0.25) is 14.4 Å². The van der Waals surface area contributed by atoms with Crippen LogP contribution >= 0.6 is 0 Å². The van der Waals surface area contributed by atoms with Crippen LogP contribution in [0.4, 0.5) is 15.8 Å². The van der Waals surface area contributed by atoms with Gasteiger partial charge in [0.15, 0.2) is 6.10 Å². The van der Waals surface area contributed by atoms with Crippen LogP contribution in [0.15, 0.2) is 78.9 Å². The molecular formula is C24H16FN2O5-. The summed E-state index contributed by atoms with van der Waals surface area (Å²) in [5.74, 6) is -4.59. The molecule has 2 fully saturated rings. The summed E-state index contributed by atoms with van der Waals surface area (Å²) < 4.78 is 14.4. The minimum atomic E-state index is -1.42. The molecule has 2 amide bonds. The smallest absolute Gasteiger partial charge is 0.266 e. The highest BCUT2D eigenvalue weighted by Crippen LogP contribution is 2.48. The minimum absolute atomic E-state index is 0.118. The van der Waals surface area contributed by atoms with Gasteiger partial charge in [0.05, 0.1) is 23.4 Å². The van der Waals surface area contributed by atoms with Crippen LogP contribution in [0, 0.1) is 11.7 Å². The fraction of sp³-hybridized carbons (Fsp3) is 0.125. The van der Waals surface area contributed by atoms with E-state index in [1.54, 1.807) is 48.5 Å². The van der Waals surface area contributed by atoms with Crippen molar-refractivity contribution < 1.29 is 28.7 Å². The number of imide groups is 1. The second-order valence-corrected chi connectivity index (χ2v) is 7.50. The zero-order valence-corrected chi connectivity index (χ0v) is 16.6. The van der Waals surface area contributed by atoms with Gasteiger partial charge in [-0.2, -0.15) is 0 Å². The van der Waals surface area contributed by atoms with Gasteiger partial charge >= 0.3 is 0 Å². The van der Waals surface area contributed by atoms with E-state index in [2.05, 4.69) is 0 Å². The number of anilines is 2. The lowest BCUT2D eigenvalue weighted by Crippen LogP contribution is -2.38. The summed E-state index contributed by atoms with van der Waals surface area (Å²) in [6.07, 6.45) is -1.23. The quantitative estimate of drug-likeness (QED) is 0.589. The number of amides is 2. The van der Waals surface area contributed by atoms with Crippen LogP contribution in [0.25, 0.3) is 0 Å². The molecule has 0 spiro atoms. The molecule has 0 radical (unpaired) electrons. The Kier molecular flexibility index (Phi) is 4.71. The Morgan fingerprint density at radius 3 is 2.25 bits per heavy atom. The number of hydrogen-bond acceptors (Lipinski definition) is 6. The summed E-state index contributed by atoms with van der Waals surface area (Å²) in [4.78, 5) is 45.2. The number of carbonyl (C=O) groups is 3. The van der Waals surface area contributed by atoms with Crippen molar-refractivity contribution in [2.45, 2.75) is 12.1 Å². The zero-order valence-electron chi connectivity index (χ0n) is 16.6. The number of fused-ring (bicyclic) bond motifs is 1. The van der Waals surface area contributed by atoms with Crippen LogP contribution in [0.2, 0.25) is 0 Å². The van der Waals surface area contributed by atoms with Gasteiger partial charge in [0, 0.05) is 5.56 Å². The molecule has 0 unspecified atom stereocenters. The van der Waals surface area contributed by atoms with Crippen molar-refractivity contribution in [2.75, 3.05) is 9.96 Å². The molecule has 3 aromatic rings. The highest BCUT2D eigenvalue weighted by molar-refractivity contribution is 6.24. The molecule has 0 bridgehead atoms. The highest BCUT2D eigenvalue weighted by atomic mass is 19.1. The summed E-state index contributed by atoms with van der Waals surface area (Å²) in [5, 5.41) is 13.2. The molecule has 2 heterocycles. The number of hydroxylamine groups is 1. The number of benzene rings is 3. The van der Waals surface area contributed by atoms with Crippen molar-refractivity contribution in [1.29, 1.82) is 0 Å². The number of hydrogen-bond donors (Lipinski definition) is 0. The second kappa shape index (κ2) is 7.58. The van der Waals surface area contributed by atoms with E-state index in [9.17, 15) is 23.9 Å². The Bertz CT molecular complexity index is 1230. The molecule has 2 saturated heterocycles. The Hall–Kier alpha value is -4.04. The molecule has 0 aliphatic carbocycles. The van der Waals surface area contributed by atoms with E-state index < -0.39 is 41.7 Å². The van der Waals surface area contributed by atoms with E-state index in [4.69, 9.17) is 4.84 Å². The topological polar surface area (TPSA) is 90.0 Å². The van der Waals surface area contributed by atoms with E-state index >= 15 is 0 Å². The summed E-state index contributed by atoms with van der Waals surface area (Å²) in [5.41, 5.74) is 0.518. The van der Waals surface area contributed by atoms with Crippen molar-refractivity contribution in [2.24, 2.45) is 5.92 Å². The van der Waals surface area contributed by atoms with Gasteiger partial charge in [-0.15, -0.1) is 0 Å². The number of aromatic carboxylic acids is 1. The maximum Gasteiger partial charge on any atom is 0.266 e. The monoisotopic (exact) mass is 431 g/mol. The number of carboxylic acids is 1. The van der Waals surface area contributed by atoms with Gasteiger partial charge in [-0.25, -0.2) is 14.4 Å². The first kappa shape index (κ1) is 19.9. The molecule has 2 aliphatic rings. The van der Waals surface area contributed by atoms with Crippen LogP contribution in [0.5, 0.6) is 0 Å². The summed E-state index contributed by atoms with van der Waals surface area (Å²) in [6.45, 7) is 0. The number of rotatable bonds is 4. The Morgan fingerprint density at radius 1 is 0.875 bits per heavy atom. The third kappa shape index (κ3) is 2.96. The van der Waals surface area contributed by atoms with Gasteiger partial charge in [0.2, 0.25) is 5.91 Å². The number of halogens is 1. The van der Waals surface area contributed by atoms with E-state index in [1.165, 1.54) is 29.3 Å². The van der Waals surface area contributed by atoms with Gasteiger partial charge in [0.25, 0.3) is 5.91 Å². The fourth-order valence-electron chi connectivity index (χ4n) is 4.34. The average molecular weight is 431 g/mol. The number of carboxylic acid groups (broad SMARTS) is 1. The molecular weight excluding hydrogens is 415 g/mol. The van der Waals surface area contributed by atoms with Crippen molar-refractivity contribution in [1.82, 2.24) is 0 Å². The molecule has 3 atom stereocenters. The number of para-hydroxylation sites is 2. The van der Waals surface area contributed by atoms with E-state index in [0.717, 1.165) is 11.0 Å². The van der Waals surface area contributed by atoms with E-state index in [1.807, 2.05) is 0 Å². The molecule has 32 heavy (non-hydrogen) atoms. The SMILES string of the molecule is O=C([O-])c1ccccc1[C@@H]1[C@@H]2C(=O)N(c3ccccc3F)C(=O)[C@@H]2ON1c1ccccc1. The van der Waals surface area contributed by atoms with Gasteiger partial charge < -0.3 is 9.90 Å². The zero-order chi connectivity index (χ0) is 22.4. The van der Waals surface area contributed by atoms with Crippen LogP contribution in [0.3, 0.4) is 0 Å². The molecule has 0 aromatic heterocycles. The lowest BCUT2D eigenvalue weighted by Gasteiger charge is -2.30. The van der Waals surface area contributed by atoms with Crippen molar-refractivity contribution >= 4 is 29.2 Å². The maximum absolute atomic E-state index is 14.4. The molecule has 2 aliphatic heterocycles. The van der Waals surface area contributed by atoms with Crippen LogP contribution in [0.1, 0.15) is 22.0 Å². The fourth-order valence-corrected chi connectivity index (χ4v) is 4.34. The highest BCUT2D eigenvalue weighted by Gasteiger charge is 2.60. The van der Waals surface area contributed by atoms with Crippen molar-refractivity contribution in [3.8, 4) is 0 Å². The van der Waals surface area contributed by atoms with E-state index in [0.29, 0.717) is 5.69 Å². The Labute approximate surface area is 182 Å². The second-order valence-electron chi connectivity index (χ2n) is 7.50. The molecule has 8 heteroatoms. The van der Waals surface area contributed by atoms with E-state index in [-0.39, 0.29) is 16.8 Å². The molecule has 160 valence electrons. The molecule has 0 saturated carbocycles. The first-order valence-electron chi connectivity index (χ1n) is 9.92. The first-order valence-corrected chi connectivity index (χ1v) is 9.92. The standard InChI is InChI=1S/C24H17FN2O5/c25-17-12-6-7-13-18(17)26-22(28)19-20(15-10-4-5-11-16(15)24(30)31)27(32-21(19)23(26)29)14-8-2-1-3-9-14/h1-13,19-21H,(H,30,31)/p-1/t19-,20+,21+/m0/s1. The minimum Gasteiger partial charge on any atom is -0.545 e. The van der Waals surface area contributed by atoms with Gasteiger partial charge in [-0.05, 0) is 29.8 Å². The van der Waals surface area contributed by atoms with Crippen molar-refractivity contribution in [3.05, 3.63) is 95.8 Å². The Balaban J connectivity index is 1.65. The molecule has 5 rings (SSSR count). The predicted octanol–water partition coefficient (Wildman–Crippen LogP) is 2.24. The largest absolute Gasteiger partial charge is 0.545 e.